The Kier molecular flexibility index (Phi) is 5.64. The van der Waals surface area contributed by atoms with Gasteiger partial charge < -0.3 is 10.2 Å². The molecule has 1 aromatic heterocycles. The van der Waals surface area contributed by atoms with Gasteiger partial charge in [-0.25, -0.2) is 4.98 Å². The van der Waals surface area contributed by atoms with Crippen LogP contribution in [0.3, 0.4) is 0 Å². The van der Waals surface area contributed by atoms with Gasteiger partial charge in [-0.05, 0) is 43.5 Å². The molecule has 1 N–H and O–H groups in total. The lowest BCUT2D eigenvalue weighted by Crippen LogP contribution is -2.30. The molecule has 1 aliphatic rings. The molecule has 28 heavy (non-hydrogen) atoms. The molecule has 0 spiro atoms. The number of thiazole rings is 1. The van der Waals surface area contributed by atoms with Crippen molar-refractivity contribution in [2.75, 3.05) is 24.5 Å². The number of anilines is 1. The molecule has 1 amide bonds. The summed E-state index contributed by atoms with van der Waals surface area (Å²) in [5.41, 5.74) is 3.00. The number of nitrogens with one attached hydrogen (secondary N) is 1. The van der Waals surface area contributed by atoms with Crippen molar-refractivity contribution in [3.63, 3.8) is 0 Å². The van der Waals surface area contributed by atoms with E-state index in [1.807, 2.05) is 37.3 Å². The van der Waals surface area contributed by atoms with E-state index in [-0.39, 0.29) is 5.91 Å². The summed E-state index contributed by atoms with van der Waals surface area (Å²) in [6.07, 6.45) is 1.09. The lowest BCUT2D eigenvalue weighted by Gasteiger charge is -2.18. The van der Waals surface area contributed by atoms with E-state index in [9.17, 15) is 4.79 Å². The highest BCUT2D eigenvalue weighted by molar-refractivity contribution is 7.17. The number of amides is 1. The summed E-state index contributed by atoms with van der Waals surface area (Å²) < 4.78 is 0. The zero-order valence-electron chi connectivity index (χ0n) is 15.7. The molecule has 3 aromatic rings. The number of nitrogens with zero attached hydrogens (tertiary/aromatic N) is 2. The Morgan fingerprint density at radius 2 is 1.96 bits per heavy atom. The number of rotatable bonds is 5. The molecule has 2 heterocycles. The van der Waals surface area contributed by atoms with E-state index in [0.717, 1.165) is 35.8 Å². The Morgan fingerprint density at radius 3 is 2.71 bits per heavy atom. The highest BCUT2D eigenvalue weighted by atomic mass is 35.5. The molecule has 1 aliphatic heterocycles. The number of carbonyl (C=O) groups is 1. The maximum absolute atomic E-state index is 12.7. The number of hydrogen-bond acceptors (Lipinski definition) is 4. The van der Waals surface area contributed by atoms with Gasteiger partial charge >= 0.3 is 0 Å². The van der Waals surface area contributed by atoms with E-state index in [2.05, 4.69) is 39.5 Å². The first kappa shape index (κ1) is 19.0. The molecule has 144 valence electrons. The Bertz CT molecular complexity index is 956. The first-order valence-electron chi connectivity index (χ1n) is 9.41. The SMILES string of the molecule is Cc1nc(-c2ccc(Cl)cc2)sc1C(=O)NC[C@@H]1CCN(c2ccccc2)C1. The van der Waals surface area contributed by atoms with Gasteiger partial charge in [0.1, 0.15) is 9.88 Å². The van der Waals surface area contributed by atoms with Gasteiger partial charge in [-0.3, -0.25) is 4.79 Å². The average Bonchev–Trinajstić information content (AvgIpc) is 3.34. The predicted octanol–water partition coefficient (Wildman–Crippen LogP) is 5.03. The summed E-state index contributed by atoms with van der Waals surface area (Å²) in [4.78, 5) is 20.3. The molecule has 6 heteroatoms. The molecule has 0 saturated carbocycles. The van der Waals surface area contributed by atoms with Crippen molar-refractivity contribution < 1.29 is 4.79 Å². The largest absolute Gasteiger partial charge is 0.371 e. The van der Waals surface area contributed by atoms with Crippen molar-refractivity contribution in [1.29, 1.82) is 0 Å². The number of aryl methyl sites for hydroxylation is 1. The van der Waals surface area contributed by atoms with Crippen molar-refractivity contribution in [1.82, 2.24) is 10.3 Å². The number of halogens is 1. The van der Waals surface area contributed by atoms with Gasteiger partial charge in [-0.1, -0.05) is 41.9 Å². The highest BCUT2D eigenvalue weighted by Gasteiger charge is 2.24. The van der Waals surface area contributed by atoms with E-state index in [1.54, 1.807) is 0 Å². The summed E-state index contributed by atoms with van der Waals surface area (Å²) >= 11 is 7.38. The molecule has 0 bridgehead atoms. The fraction of sp³-hybridized carbons (Fsp3) is 0.273. The standard InChI is InChI=1S/C22H22ClN3OS/c1-15-20(28-22(25-15)17-7-9-18(23)10-8-17)21(27)24-13-16-11-12-26(14-16)19-5-3-2-4-6-19/h2-10,16H,11-14H2,1H3,(H,24,27)/t16-/m0/s1. The topological polar surface area (TPSA) is 45.2 Å². The van der Waals surface area contributed by atoms with Crippen molar-refractivity contribution in [2.24, 2.45) is 5.92 Å². The van der Waals surface area contributed by atoms with Crippen LogP contribution in [0.2, 0.25) is 5.02 Å². The molecule has 1 fully saturated rings. The summed E-state index contributed by atoms with van der Waals surface area (Å²) in [6.45, 7) is 4.58. The van der Waals surface area contributed by atoms with Crippen LogP contribution in [0, 0.1) is 12.8 Å². The molecule has 2 aromatic carbocycles. The van der Waals surface area contributed by atoms with Crippen LogP contribution in [-0.4, -0.2) is 30.5 Å². The molecular formula is C22H22ClN3OS. The van der Waals surface area contributed by atoms with Gasteiger partial charge in [0.15, 0.2) is 0 Å². The van der Waals surface area contributed by atoms with Gasteiger partial charge in [-0.2, -0.15) is 0 Å². The fourth-order valence-corrected chi connectivity index (χ4v) is 4.63. The third kappa shape index (κ3) is 4.21. The number of para-hydroxylation sites is 1. The Hall–Kier alpha value is -2.37. The molecule has 0 aliphatic carbocycles. The molecule has 1 atom stereocenters. The molecule has 1 saturated heterocycles. The van der Waals surface area contributed by atoms with Crippen LogP contribution in [0.4, 0.5) is 5.69 Å². The van der Waals surface area contributed by atoms with Crippen molar-refractivity contribution in [3.05, 3.63) is 70.2 Å². The van der Waals surface area contributed by atoms with Crippen molar-refractivity contribution >= 4 is 34.5 Å². The van der Waals surface area contributed by atoms with E-state index in [4.69, 9.17) is 11.6 Å². The first-order chi connectivity index (χ1) is 13.6. The van der Waals surface area contributed by atoms with Gasteiger partial charge in [0.2, 0.25) is 0 Å². The Balaban J connectivity index is 1.36. The predicted molar refractivity (Wildman–Crippen MR) is 116 cm³/mol. The zero-order chi connectivity index (χ0) is 19.5. The van der Waals surface area contributed by atoms with Crippen LogP contribution in [0.5, 0.6) is 0 Å². The maximum Gasteiger partial charge on any atom is 0.263 e. The number of aromatic nitrogens is 1. The monoisotopic (exact) mass is 411 g/mol. The number of carbonyl (C=O) groups excluding carboxylic acids is 1. The van der Waals surface area contributed by atoms with Crippen molar-refractivity contribution in [2.45, 2.75) is 13.3 Å². The zero-order valence-corrected chi connectivity index (χ0v) is 17.3. The summed E-state index contributed by atoms with van der Waals surface area (Å²) in [6, 6.07) is 18.0. The van der Waals surface area contributed by atoms with E-state index >= 15 is 0 Å². The number of hydrogen-bond donors (Lipinski definition) is 1. The Morgan fingerprint density at radius 1 is 1.21 bits per heavy atom. The first-order valence-corrected chi connectivity index (χ1v) is 10.6. The molecular weight excluding hydrogens is 390 g/mol. The van der Waals surface area contributed by atoms with Crippen LogP contribution in [0.15, 0.2) is 54.6 Å². The van der Waals surface area contributed by atoms with E-state index < -0.39 is 0 Å². The number of benzene rings is 2. The smallest absolute Gasteiger partial charge is 0.263 e. The minimum Gasteiger partial charge on any atom is -0.371 e. The van der Waals surface area contributed by atoms with Gasteiger partial charge in [0.25, 0.3) is 5.91 Å². The summed E-state index contributed by atoms with van der Waals surface area (Å²) in [5.74, 6) is 0.432. The van der Waals surface area contributed by atoms with Gasteiger partial charge in [0.05, 0.1) is 5.69 Å². The minimum absolute atomic E-state index is 0.0339. The quantitative estimate of drug-likeness (QED) is 0.640. The average molecular weight is 412 g/mol. The van der Waals surface area contributed by atoms with E-state index in [1.165, 1.54) is 17.0 Å². The second-order valence-corrected chi connectivity index (χ2v) is 8.52. The molecule has 4 nitrogen and oxygen atoms in total. The summed E-state index contributed by atoms with van der Waals surface area (Å²) in [5, 5.41) is 4.65. The third-order valence-electron chi connectivity index (χ3n) is 5.05. The molecule has 0 radical (unpaired) electrons. The highest BCUT2D eigenvalue weighted by Crippen LogP contribution is 2.29. The molecule has 0 unspecified atom stereocenters. The lowest BCUT2D eigenvalue weighted by atomic mass is 10.1. The van der Waals surface area contributed by atoms with Gasteiger partial charge in [0, 0.05) is 35.9 Å². The minimum atomic E-state index is -0.0339. The lowest BCUT2D eigenvalue weighted by molar-refractivity contribution is 0.0951. The maximum atomic E-state index is 12.7. The fourth-order valence-electron chi connectivity index (χ4n) is 3.51. The van der Waals surface area contributed by atoms with Crippen LogP contribution in [0.1, 0.15) is 21.8 Å². The van der Waals surface area contributed by atoms with Crippen LogP contribution in [0.25, 0.3) is 10.6 Å². The third-order valence-corrected chi connectivity index (χ3v) is 6.51. The Labute approximate surface area is 174 Å². The van der Waals surface area contributed by atoms with E-state index in [0.29, 0.717) is 22.4 Å². The second kappa shape index (κ2) is 8.33. The second-order valence-electron chi connectivity index (χ2n) is 7.09. The van der Waals surface area contributed by atoms with Crippen molar-refractivity contribution in [3.8, 4) is 10.6 Å². The molecule has 4 rings (SSSR count). The summed E-state index contributed by atoms with van der Waals surface area (Å²) in [7, 11) is 0. The van der Waals surface area contributed by atoms with Crippen LogP contribution in [-0.2, 0) is 0 Å². The van der Waals surface area contributed by atoms with Crippen LogP contribution >= 0.6 is 22.9 Å². The van der Waals surface area contributed by atoms with Gasteiger partial charge in [-0.15, -0.1) is 11.3 Å². The normalized spacial score (nSPS) is 16.4. The van der Waals surface area contributed by atoms with Crippen LogP contribution < -0.4 is 10.2 Å².